The van der Waals surface area contributed by atoms with Crippen LogP contribution >= 0.6 is 11.3 Å². The number of carbonyl (C=O) groups is 1. The highest BCUT2D eigenvalue weighted by Gasteiger charge is 2.38. The molecule has 6 nitrogen and oxygen atoms in total. The second kappa shape index (κ2) is 7.96. The first-order chi connectivity index (χ1) is 15.1. The number of rotatable bonds is 5. The van der Waals surface area contributed by atoms with Gasteiger partial charge in [-0.2, -0.15) is 4.98 Å². The molecule has 0 saturated carbocycles. The van der Waals surface area contributed by atoms with E-state index in [0.717, 1.165) is 42.8 Å². The molecule has 0 radical (unpaired) electrons. The zero-order valence-electron chi connectivity index (χ0n) is 18.2. The molecule has 31 heavy (non-hydrogen) atoms. The van der Waals surface area contributed by atoms with Crippen LogP contribution in [0.1, 0.15) is 49.6 Å². The normalized spacial score (nSPS) is 17.9. The van der Waals surface area contributed by atoms with E-state index in [0.29, 0.717) is 18.2 Å². The Hall–Kier alpha value is -2.93. The Labute approximate surface area is 186 Å². The monoisotopic (exact) mass is 433 g/mol. The zero-order chi connectivity index (χ0) is 21.5. The van der Waals surface area contributed by atoms with Crippen molar-refractivity contribution in [3.63, 3.8) is 0 Å². The number of nitrogens with one attached hydrogen (secondary N) is 1. The Morgan fingerprint density at radius 2 is 1.94 bits per heavy atom. The van der Waals surface area contributed by atoms with Gasteiger partial charge in [0.05, 0.1) is 0 Å². The van der Waals surface area contributed by atoms with Gasteiger partial charge in [0.25, 0.3) is 0 Å². The van der Waals surface area contributed by atoms with Crippen LogP contribution in [0.3, 0.4) is 0 Å². The topological polar surface area (TPSA) is 63.1 Å². The largest absolute Gasteiger partial charge is 0.372 e. The van der Waals surface area contributed by atoms with Crippen molar-refractivity contribution in [2.75, 3.05) is 23.3 Å². The minimum Gasteiger partial charge on any atom is -0.372 e. The van der Waals surface area contributed by atoms with Crippen molar-refractivity contribution in [1.82, 2.24) is 14.8 Å². The molecule has 7 heteroatoms. The van der Waals surface area contributed by atoms with Crippen LogP contribution in [0, 0.1) is 6.92 Å². The SMILES string of the molecule is CCN(CC)c1ccc(-c2nc3n(n2)C(c2sccc2C)C2=C(CCCC2=O)N3)cc1. The molecule has 1 aliphatic carbocycles. The molecule has 5 rings (SSSR count). The summed E-state index contributed by atoms with van der Waals surface area (Å²) in [6.45, 7) is 8.38. The summed E-state index contributed by atoms with van der Waals surface area (Å²) >= 11 is 1.68. The van der Waals surface area contributed by atoms with Crippen molar-refractivity contribution in [2.45, 2.75) is 46.1 Å². The first-order valence-electron chi connectivity index (χ1n) is 11.0. The van der Waals surface area contributed by atoms with Crippen LogP contribution in [0.2, 0.25) is 0 Å². The van der Waals surface area contributed by atoms with Gasteiger partial charge in [-0.3, -0.25) is 4.79 Å². The Kier molecular flexibility index (Phi) is 5.14. The molecular weight excluding hydrogens is 406 g/mol. The number of thiophene rings is 1. The molecular formula is C24H27N5OS. The summed E-state index contributed by atoms with van der Waals surface area (Å²) in [6.07, 6.45) is 2.36. The molecule has 0 amide bonds. The number of aromatic nitrogens is 3. The van der Waals surface area contributed by atoms with Crippen molar-refractivity contribution < 1.29 is 4.79 Å². The standard InChI is InChI=1S/C24H27N5OS/c1-4-28(5-2)17-11-9-16(10-12-17)23-26-24-25-18-7-6-8-19(30)20(18)21(29(24)27-23)22-15(3)13-14-31-22/h9-14,21H,4-8H2,1-3H3,(H,25,26,27). The number of hydrogen-bond donors (Lipinski definition) is 1. The molecule has 1 aromatic carbocycles. The lowest BCUT2D eigenvalue weighted by Crippen LogP contribution is -2.31. The van der Waals surface area contributed by atoms with Crippen molar-refractivity contribution in [2.24, 2.45) is 0 Å². The van der Waals surface area contributed by atoms with E-state index in [1.54, 1.807) is 11.3 Å². The van der Waals surface area contributed by atoms with E-state index in [2.05, 4.69) is 66.7 Å². The van der Waals surface area contributed by atoms with Gasteiger partial charge in [-0.1, -0.05) is 0 Å². The van der Waals surface area contributed by atoms with Gasteiger partial charge in [0.15, 0.2) is 11.6 Å². The molecule has 1 atom stereocenters. The van der Waals surface area contributed by atoms with E-state index in [4.69, 9.17) is 10.1 Å². The van der Waals surface area contributed by atoms with Gasteiger partial charge in [0.1, 0.15) is 6.04 Å². The van der Waals surface area contributed by atoms with Crippen LogP contribution in [0.5, 0.6) is 0 Å². The second-order valence-corrected chi connectivity index (χ2v) is 9.03. The van der Waals surface area contributed by atoms with Crippen LogP contribution in [0.4, 0.5) is 11.6 Å². The molecule has 1 aliphatic heterocycles. The molecule has 3 aromatic rings. The van der Waals surface area contributed by atoms with Crippen molar-refractivity contribution in [3.05, 3.63) is 57.4 Å². The highest BCUT2D eigenvalue weighted by molar-refractivity contribution is 7.10. The molecule has 0 fully saturated rings. The second-order valence-electron chi connectivity index (χ2n) is 8.09. The fraction of sp³-hybridized carbons (Fsp3) is 0.375. The number of ketones is 1. The Bertz CT molecular complexity index is 1150. The molecule has 3 heterocycles. The van der Waals surface area contributed by atoms with E-state index in [9.17, 15) is 4.79 Å². The fourth-order valence-corrected chi connectivity index (χ4v) is 5.61. The summed E-state index contributed by atoms with van der Waals surface area (Å²) in [5.41, 5.74) is 5.24. The van der Waals surface area contributed by atoms with Crippen LogP contribution in [-0.4, -0.2) is 33.6 Å². The number of Topliss-reactive ketones (excluding diaryl/α,β-unsaturated/α-hetero) is 1. The first kappa shape index (κ1) is 20.0. The lowest BCUT2D eigenvalue weighted by atomic mass is 9.87. The summed E-state index contributed by atoms with van der Waals surface area (Å²) < 4.78 is 1.91. The predicted molar refractivity (Wildman–Crippen MR) is 126 cm³/mol. The third-order valence-corrected chi connectivity index (χ3v) is 7.34. The maximum Gasteiger partial charge on any atom is 0.226 e. The summed E-state index contributed by atoms with van der Waals surface area (Å²) in [5.74, 6) is 1.62. The molecule has 1 N–H and O–H groups in total. The Balaban J connectivity index is 1.57. The Morgan fingerprint density at radius 3 is 2.61 bits per heavy atom. The summed E-state index contributed by atoms with van der Waals surface area (Å²) in [4.78, 5) is 21.2. The number of benzene rings is 1. The third kappa shape index (κ3) is 3.37. The van der Waals surface area contributed by atoms with E-state index in [1.165, 1.54) is 16.1 Å². The number of aryl methyl sites for hydroxylation is 1. The van der Waals surface area contributed by atoms with Gasteiger partial charge >= 0.3 is 0 Å². The highest BCUT2D eigenvalue weighted by atomic mass is 32.1. The van der Waals surface area contributed by atoms with Gasteiger partial charge in [-0.15, -0.1) is 16.4 Å². The fourth-order valence-electron chi connectivity index (χ4n) is 4.60. The van der Waals surface area contributed by atoms with Crippen LogP contribution < -0.4 is 10.2 Å². The van der Waals surface area contributed by atoms with Crippen molar-refractivity contribution >= 4 is 28.8 Å². The van der Waals surface area contributed by atoms with Gasteiger partial charge in [-0.05, 0) is 74.9 Å². The zero-order valence-corrected chi connectivity index (χ0v) is 19.0. The quantitative estimate of drug-likeness (QED) is 0.600. The first-order valence-corrected chi connectivity index (χ1v) is 11.9. The number of anilines is 2. The van der Waals surface area contributed by atoms with E-state index in [1.807, 2.05) is 4.68 Å². The average molecular weight is 434 g/mol. The number of carbonyl (C=O) groups excluding carboxylic acids is 1. The summed E-state index contributed by atoms with van der Waals surface area (Å²) in [7, 11) is 0. The molecule has 2 aliphatic rings. The number of hydrogen-bond acceptors (Lipinski definition) is 6. The van der Waals surface area contributed by atoms with Gasteiger partial charge in [-0.25, -0.2) is 4.68 Å². The van der Waals surface area contributed by atoms with E-state index < -0.39 is 0 Å². The highest BCUT2D eigenvalue weighted by Crippen LogP contribution is 2.43. The molecule has 0 spiro atoms. The van der Waals surface area contributed by atoms with Crippen LogP contribution in [0.15, 0.2) is 47.0 Å². The maximum absolute atomic E-state index is 12.9. The maximum atomic E-state index is 12.9. The van der Waals surface area contributed by atoms with Gasteiger partial charge in [0.2, 0.25) is 5.95 Å². The number of fused-ring (bicyclic) bond motifs is 1. The number of allylic oxidation sites excluding steroid dienone is 2. The third-order valence-electron chi connectivity index (χ3n) is 6.27. The Morgan fingerprint density at radius 1 is 1.16 bits per heavy atom. The lowest BCUT2D eigenvalue weighted by Gasteiger charge is -2.31. The van der Waals surface area contributed by atoms with Gasteiger partial charge in [0, 0.05) is 46.9 Å². The molecule has 0 bridgehead atoms. The molecule has 1 unspecified atom stereocenters. The van der Waals surface area contributed by atoms with Crippen molar-refractivity contribution in [3.8, 4) is 11.4 Å². The summed E-state index contributed by atoms with van der Waals surface area (Å²) in [5, 5.41) is 10.4. The predicted octanol–water partition coefficient (Wildman–Crippen LogP) is 5.18. The van der Waals surface area contributed by atoms with Crippen LogP contribution in [0.25, 0.3) is 11.4 Å². The molecule has 2 aromatic heterocycles. The van der Waals surface area contributed by atoms with Crippen molar-refractivity contribution in [1.29, 1.82) is 0 Å². The molecule has 160 valence electrons. The summed E-state index contributed by atoms with van der Waals surface area (Å²) in [6, 6.07) is 10.3. The van der Waals surface area contributed by atoms with Gasteiger partial charge < -0.3 is 10.2 Å². The molecule has 0 saturated heterocycles. The van der Waals surface area contributed by atoms with E-state index in [-0.39, 0.29) is 11.8 Å². The smallest absolute Gasteiger partial charge is 0.226 e. The minimum atomic E-state index is -0.199. The lowest BCUT2D eigenvalue weighted by molar-refractivity contribution is -0.116. The number of nitrogens with zero attached hydrogens (tertiary/aromatic N) is 4. The average Bonchev–Trinajstić information content (AvgIpc) is 3.40. The van der Waals surface area contributed by atoms with E-state index >= 15 is 0 Å². The van der Waals surface area contributed by atoms with Crippen LogP contribution in [-0.2, 0) is 4.79 Å². The minimum absolute atomic E-state index is 0.199.